The first kappa shape index (κ1) is 21.2. The fourth-order valence-corrected chi connectivity index (χ4v) is 5.02. The first-order valence-corrected chi connectivity index (χ1v) is 11.6. The lowest BCUT2D eigenvalue weighted by molar-refractivity contribution is -0.113. The third-order valence-corrected chi connectivity index (χ3v) is 6.89. The Balaban J connectivity index is 1.59. The van der Waals surface area contributed by atoms with Crippen LogP contribution in [0.3, 0.4) is 0 Å². The number of carbonyl (C=O) groups is 1. The van der Waals surface area contributed by atoms with Gasteiger partial charge >= 0.3 is 0 Å². The second kappa shape index (κ2) is 10.3. The number of amides is 1. The van der Waals surface area contributed by atoms with Crippen LogP contribution in [0.25, 0.3) is 0 Å². The lowest BCUT2D eigenvalue weighted by Crippen LogP contribution is -2.37. The molecule has 0 aromatic carbocycles. The Kier molecular flexibility index (Phi) is 7.83. The van der Waals surface area contributed by atoms with Crippen LogP contribution in [0.15, 0.2) is 0 Å². The maximum atomic E-state index is 12.6. The summed E-state index contributed by atoms with van der Waals surface area (Å²) < 4.78 is 7.59. The number of nitriles is 1. The van der Waals surface area contributed by atoms with Gasteiger partial charge in [0.15, 0.2) is 0 Å². The van der Waals surface area contributed by atoms with Crippen molar-refractivity contribution in [2.45, 2.75) is 52.0 Å². The smallest absolute Gasteiger partial charge is 0.235 e. The average Bonchev–Trinajstić information content (AvgIpc) is 2.96. The van der Waals surface area contributed by atoms with E-state index in [1.807, 2.05) is 6.92 Å². The fourth-order valence-electron chi connectivity index (χ4n) is 4.23. The molecular weight excluding hydrogens is 372 g/mol. The highest BCUT2D eigenvalue weighted by molar-refractivity contribution is 7.99. The van der Waals surface area contributed by atoms with Gasteiger partial charge in [0.05, 0.1) is 24.5 Å². The van der Waals surface area contributed by atoms with Crippen LogP contribution in [-0.4, -0.2) is 59.7 Å². The van der Waals surface area contributed by atoms with E-state index in [-0.39, 0.29) is 5.91 Å². The van der Waals surface area contributed by atoms with Gasteiger partial charge in [-0.25, -0.2) is 0 Å². The second-order valence-corrected chi connectivity index (χ2v) is 8.87. The molecule has 1 aromatic heterocycles. The molecule has 1 aliphatic heterocycles. The SMILES string of the molecule is Cc1c(C#N)c(NC(=O)CSCCN2CCOCC2)n(C2CCCCC2)c1C. The highest BCUT2D eigenvalue weighted by Crippen LogP contribution is 2.36. The second-order valence-electron chi connectivity index (χ2n) is 7.76. The zero-order valence-electron chi connectivity index (χ0n) is 17.1. The Labute approximate surface area is 172 Å². The van der Waals surface area contributed by atoms with Crippen molar-refractivity contribution in [1.29, 1.82) is 5.26 Å². The monoisotopic (exact) mass is 404 g/mol. The highest BCUT2D eigenvalue weighted by Gasteiger charge is 2.25. The molecule has 28 heavy (non-hydrogen) atoms. The zero-order valence-corrected chi connectivity index (χ0v) is 17.9. The molecule has 0 spiro atoms. The molecule has 0 unspecified atom stereocenters. The minimum absolute atomic E-state index is 0.0157. The number of thioether (sulfide) groups is 1. The maximum Gasteiger partial charge on any atom is 0.235 e. The van der Waals surface area contributed by atoms with Crippen molar-refractivity contribution in [3.05, 3.63) is 16.8 Å². The molecule has 2 aliphatic rings. The number of hydrogen-bond donors (Lipinski definition) is 1. The van der Waals surface area contributed by atoms with Crippen LogP contribution in [0.1, 0.15) is 55.0 Å². The maximum absolute atomic E-state index is 12.6. The van der Waals surface area contributed by atoms with Crippen molar-refractivity contribution in [1.82, 2.24) is 9.47 Å². The fraction of sp³-hybridized carbons (Fsp3) is 0.714. The molecule has 1 aliphatic carbocycles. The number of hydrogen-bond acceptors (Lipinski definition) is 5. The molecule has 0 radical (unpaired) electrons. The van der Waals surface area contributed by atoms with Crippen LogP contribution in [0.5, 0.6) is 0 Å². The predicted molar refractivity (Wildman–Crippen MR) is 114 cm³/mol. The lowest BCUT2D eigenvalue weighted by Gasteiger charge is -2.27. The molecule has 154 valence electrons. The van der Waals surface area contributed by atoms with E-state index >= 15 is 0 Å². The molecule has 0 atom stereocenters. The summed E-state index contributed by atoms with van der Waals surface area (Å²) in [5, 5.41) is 12.7. The standard InChI is InChI=1S/C21H32N4O2S/c1-16-17(2)25(18-6-4-3-5-7-18)21(19(16)14-22)23-20(26)15-28-13-10-24-8-11-27-12-9-24/h18H,3-13,15H2,1-2H3,(H,23,26). The van der Waals surface area contributed by atoms with Crippen LogP contribution in [0.2, 0.25) is 0 Å². The van der Waals surface area contributed by atoms with Crippen molar-refractivity contribution < 1.29 is 9.53 Å². The van der Waals surface area contributed by atoms with Gasteiger partial charge in [-0.05, 0) is 32.3 Å². The number of carbonyl (C=O) groups excluding carboxylic acids is 1. The minimum Gasteiger partial charge on any atom is -0.379 e. The van der Waals surface area contributed by atoms with Crippen molar-refractivity contribution in [3.8, 4) is 6.07 Å². The third kappa shape index (κ3) is 5.11. The number of anilines is 1. The molecular formula is C21H32N4O2S. The Hall–Kier alpha value is -1.49. The van der Waals surface area contributed by atoms with Gasteiger partial charge in [-0.15, -0.1) is 0 Å². The van der Waals surface area contributed by atoms with Crippen LogP contribution < -0.4 is 5.32 Å². The van der Waals surface area contributed by atoms with Gasteiger partial charge in [-0.1, -0.05) is 19.3 Å². The normalized spacial score (nSPS) is 18.8. The van der Waals surface area contributed by atoms with Crippen molar-refractivity contribution in [3.63, 3.8) is 0 Å². The van der Waals surface area contributed by atoms with Crippen LogP contribution in [0.4, 0.5) is 5.82 Å². The van der Waals surface area contributed by atoms with E-state index in [1.165, 1.54) is 19.3 Å². The lowest BCUT2D eigenvalue weighted by atomic mass is 9.95. The molecule has 6 nitrogen and oxygen atoms in total. The number of nitrogens with one attached hydrogen (secondary N) is 1. The number of rotatable bonds is 7. The molecule has 7 heteroatoms. The van der Waals surface area contributed by atoms with E-state index in [0.29, 0.717) is 23.2 Å². The van der Waals surface area contributed by atoms with Crippen molar-refractivity contribution >= 4 is 23.5 Å². The summed E-state index contributed by atoms with van der Waals surface area (Å²) in [5.74, 6) is 2.05. The summed E-state index contributed by atoms with van der Waals surface area (Å²) >= 11 is 1.65. The van der Waals surface area contributed by atoms with E-state index in [9.17, 15) is 10.1 Å². The molecule has 1 N–H and O–H groups in total. The minimum atomic E-state index is -0.0157. The van der Waals surface area contributed by atoms with Gasteiger partial charge in [0.25, 0.3) is 0 Å². The van der Waals surface area contributed by atoms with Crippen LogP contribution in [-0.2, 0) is 9.53 Å². The Morgan fingerprint density at radius 3 is 2.64 bits per heavy atom. The molecule has 1 aromatic rings. The van der Waals surface area contributed by atoms with Crippen LogP contribution in [0, 0.1) is 25.2 Å². The summed E-state index contributed by atoms with van der Waals surface area (Å²) in [6.45, 7) is 8.61. The summed E-state index contributed by atoms with van der Waals surface area (Å²) in [6.07, 6.45) is 5.96. The van der Waals surface area contributed by atoms with E-state index in [2.05, 4.69) is 27.8 Å². The van der Waals surface area contributed by atoms with E-state index < -0.39 is 0 Å². The van der Waals surface area contributed by atoms with Gasteiger partial charge in [-0.2, -0.15) is 17.0 Å². The average molecular weight is 405 g/mol. The first-order chi connectivity index (χ1) is 13.6. The summed E-state index contributed by atoms with van der Waals surface area (Å²) in [4.78, 5) is 15.0. The Morgan fingerprint density at radius 1 is 1.25 bits per heavy atom. The summed E-state index contributed by atoms with van der Waals surface area (Å²) in [6, 6.07) is 2.71. The first-order valence-electron chi connectivity index (χ1n) is 10.4. The number of ether oxygens (including phenoxy) is 1. The molecule has 2 fully saturated rings. The predicted octanol–water partition coefficient (Wildman–Crippen LogP) is 3.49. The largest absolute Gasteiger partial charge is 0.379 e. The van der Waals surface area contributed by atoms with Gasteiger partial charge in [0, 0.05) is 37.1 Å². The molecule has 1 saturated carbocycles. The van der Waals surface area contributed by atoms with E-state index in [4.69, 9.17) is 4.74 Å². The number of aromatic nitrogens is 1. The quantitative estimate of drug-likeness (QED) is 0.705. The van der Waals surface area contributed by atoms with Crippen molar-refractivity contribution in [2.75, 3.05) is 49.7 Å². The van der Waals surface area contributed by atoms with Gasteiger partial charge < -0.3 is 14.6 Å². The molecule has 2 heterocycles. The van der Waals surface area contributed by atoms with E-state index in [1.54, 1.807) is 11.8 Å². The van der Waals surface area contributed by atoms with Gasteiger partial charge in [-0.3, -0.25) is 9.69 Å². The molecule has 1 amide bonds. The highest BCUT2D eigenvalue weighted by atomic mass is 32.2. The molecule has 3 rings (SSSR count). The molecule has 1 saturated heterocycles. The van der Waals surface area contributed by atoms with E-state index in [0.717, 1.165) is 62.7 Å². The summed E-state index contributed by atoms with van der Waals surface area (Å²) in [7, 11) is 0. The molecule has 0 bridgehead atoms. The van der Waals surface area contributed by atoms with Crippen molar-refractivity contribution in [2.24, 2.45) is 0 Å². The Bertz CT molecular complexity index is 713. The number of nitrogens with zero attached hydrogens (tertiary/aromatic N) is 3. The third-order valence-electron chi connectivity index (χ3n) is 5.95. The zero-order chi connectivity index (χ0) is 19.9. The van der Waals surface area contributed by atoms with Gasteiger partial charge in [0.1, 0.15) is 11.9 Å². The number of morpholine rings is 1. The van der Waals surface area contributed by atoms with Gasteiger partial charge in [0.2, 0.25) is 5.91 Å². The topological polar surface area (TPSA) is 70.3 Å². The van der Waals surface area contributed by atoms with Crippen LogP contribution >= 0.6 is 11.8 Å². The Morgan fingerprint density at radius 2 is 1.96 bits per heavy atom. The summed E-state index contributed by atoms with van der Waals surface area (Å²) in [5.41, 5.74) is 2.72.